The Labute approximate surface area is 261 Å². The van der Waals surface area contributed by atoms with Crippen LogP contribution in [-0.2, 0) is 0 Å². The minimum Gasteiger partial charge on any atom is -0.0622 e. The third kappa shape index (κ3) is 4.92. The highest BCUT2D eigenvalue weighted by atomic mass is 31.1. The van der Waals surface area contributed by atoms with Gasteiger partial charge in [0.1, 0.15) is 0 Å². The molecule has 0 aromatic heterocycles. The summed E-state index contributed by atoms with van der Waals surface area (Å²) in [5, 5.41) is 16.2. The topological polar surface area (TPSA) is 0 Å². The van der Waals surface area contributed by atoms with E-state index in [1.54, 1.807) is 0 Å². The summed E-state index contributed by atoms with van der Waals surface area (Å²) in [7, 11) is -1.36. The van der Waals surface area contributed by atoms with E-state index in [4.69, 9.17) is 0 Å². The molecular formula is C42H30P2. The molecule has 8 aromatic carbocycles. The first kappa shape index (κ1) is 27.0. The van der Waals surface area contributed by atoms with Crippen molar-refractivity contribution in [3.05, 3.63) is 182 Å². The Morgan fingerprint density at radius 1 is 0.205 bits per heavy atom. The van der Waals surface area contributed by atoms with Crippen molar-refractivity contribution in [1.82, 2.24) is 0 Å². The van der Waals surface area contributed by atoms with Gasteiger partial charge in [-0.3, -0.25) is 0 Å². The second-order valence-electron chi connectivity index (χ2n) is 11.0. The fraction of sp³-hybridized carbons (Fsp3) is 0. The molecule has 8 rings (SSSR count). The zero-order valence-corrected chi connectivity index (χ0v) is 26.0. The summed E-state index contributed by atoms with van der Waals surface area (Å²) in [6, 6.07) is 67.4. The van der Waals surface area contributed by atoms with Crippen molar-refractivity contribution in [2.24, 2.45) is 0 Å². The van der Waals surface area contributed by atoms with Gasteiger partial charge in [-0.1, -0.05) is 170 Å². The van der Waals surface area contributed by atoms with Crippen molar-refractivity contribution >= 4 is 80.0 Å². The van der Waals surface area contributed by atoms with Crippen molar-refractivity contribution in [3.8, 4) is 0 Å². The lowest BCUT2D eigenvalue weighted by Crippen LogP contribution is -2.20. The van der Waals surface area contributed by atoms with Crippen molar-refractivity contribution in [3.63, 3.8) is 0 Å². The lowest BCUT2D eigenvalue weighted by atomic mass is 9.94. The van der Waals surface area contributed by atoms with Crippen LogP contribution in [0.2, 0.25) is 0 Å². The summed E-state index contributed by atoms with van der Waals surface area (Å²) in [4.78, 5) is 0. The van der Waals surface area contributed by atoms with E-state index in [-0.39, 0.29) is 0 Å². The van der Waals surface area contributed by atoms with Crippen molar-refractivity contribution in [2.75, 3.05) is 0 Å². The predicted octanol–water partition coefficient (Wildman–Crippen LogP) is 8.66. The summed E-state index contributed by atoms with van der Waals surface area (Å²) in [5.74, 6) is 0. The van der Waals surface area contributed by atoms with Gasteiger partial charge in [0.2, 0.25) is 0 Å². The summed E-state index contributed by atoms with van der Waals surface area (Å²) >= 11 is 0. The fourth-order valence-corrected chi connectivity index (χ4v) is 11.0. The Morgan fingerprint density at radius 2 is 0.477 bits per heavy atom. The normalized spacial score (nSPS) is 11.6. The Bertz CT molecular complexity index is 1950. The van der Waals surface area contributed by atoms with Crippen molar-refractivity contribution in [2.45, 2.75) is 0 Å². The van der Waals surface area contributed by atoms with E-state index in [1.165, 1.54) is 64.1 Å². The minimum absolute atomic E-state index is 0.681. The Balaban J connectivity index is 1.35. The monoisotopic (exact) mass is 596 g/mol. The minimum atomic E-state index is -0.681. The number of rotatable bonds is 6. The number of benzene rings is 8. The number of hydrogen-bond donors (Lipinski definition) is 0. The molecule has 0 saturated carbocycles. The smallest absolute Gasteiger partial charge is 0.00924 e. The molecule has 0 fully saturated rings. The number of hydrogen-bond acceptors (Lipinski definition) is 0. The molecule has 2 heteroatoms. The maximum atomic E-state index is 2.47. The van der Waals surface area contributed by atoms with Gasteiger partial charge in [-0.15, -0.1) is 0 Å². The van der Waals surface area contributed by atoms with Crippen molar-refractivity contribution < 1.29 is 0 Å². The number of fused-ring (bicyclic) bond motifs is 6. The molecule has 0 aliphatic heterocycles. The van der Waals surface area contributed by atoms with Crippen molar-refractivity contribution in [1.29, 1.82) is 0 Å². The van der Waals surface area contributed by atoms with E-state index >= 15 is 0 Å². The van der Waals surface area contributed by atoms with E-state index in [0.29, 0.717) is 0 Å². The summed E-state index contributed by atoms with van der Waals surface area (Å²) in [6.07, 6.45) is 0. The van der Waals surface area contributed by atoms with Crippen LogP contribution in [0.4, 0.5) is 0 Å². The SMILES string of the molecule is c1ccc(P(c2ccccc2)c2ccc3c4ccc(P(c5ccccc5)c5ccccc5)cc4c4ccccc4c3c2)cc1. The van der Waals surface area contributed by atoms with E-state index in [2.05, 4.69) is 182 Å². The molecule has 0 heterocycles. The summed E-state index contributed by atoms with van der Waals surface area (Å²) in [6.45, 7) is 0. The molecule has 208 valence electrons. The highest BCUT2D eigenvalue weighted by Gasteiger charge is 2.20. The van der Waals surface area contributed by atoms with Crippen LogP contribution in [0.1, 0.15) is 0 Å². The van der Waals surface area contributed by atoms with E-state index in [9.17, 15) is 0 Å². The molecule has 0 spiro atoms. The van der Waals surface area contributed by atoms with Crippen LogP contribution in [0.25, 0.3) is 32.3 Å². The highest BCUT2D eigenvalue weighted by Crippen LogP contribution is 2.40. The third-order valence-corrected chi connectivity index (χ3v) is 13.2. The van der Waals surface area contributed by atoms with Gasteiger partial charge in [0.15, 0.2) is 0 Å². The predicted molar refractivity (Wildman–Crippen MR) is 196 cm³/mol. The van der Waals surface area contributed by atoms with Crippen LogP contribution in [0.3, 0.4) is 0 Å². The van der Waals surface area contributed by atoms with E-state index in [0.717, 1.165) is 0 Å². The second-order valence-corrected chi connectivity index (χ2v) is 15.5. The molecule has 0 radical (unpaired) electrons. The van der Waals surface area contributed by atoms with Crippen LogP contribution >= 0.6 is 15.8 Å². The van der Waals surface area contributed by atoms with E-state index < -0.39 is 15.8 Å². The van der Waals surface area contributed by atoms with Gasteiger partial charge in [0.05, 0.1) is 0 Å². The zero-order chi connectivity index (χ0) is 29.3. The fourth-order valence-electron chi connectivity index (χ4n) is 6.41. The molecule has 44 heavy (non-hydrogen) atoms. The van der Waals surface area contributed by atoms with Gasteiger partial charge < -0.3 is 0 Å². The quantitative estimate of drug-likeness (QED) is 0.133. The highest BCUT2D eigenvalue weighted by molar-refractivity contribution is 7.80. The molecular weight excluding hydrogens is 566 g/mol. The van der Waals surface area contributed by atoms with Crippen LogP contribution in [0.5, 0.6) is 0 Å². The molecule has 0 atom stereocenters. The van der Waals surface area contributed by atoms with Crippen LogP contribution < -0.4 is 31.8 Å². The molecule has 0 aliphatic rings. The zero-order valence-electron chi connectivity index (χ0n) is 24.2. The maximum Gasteiger partial charge on any atom is -0.00924 e. The Morgan fingerprint density at radius 3 is 0.795 bits per heavy atom. The summed E-state index contributed by atoms with van der Waals surface area (Å²) < 4.78 is 0. The first-order valence-corrected chi connectivity index (χ1v) is 17.7. The lowest BCUT2D eigenvalue weighted by Gasteiger charge is -2.22. The molecule has 0 N–H and O–H groups in total. The Kier molecular flexibility index (Phi) is 7.25. The van der Waals surface area contributed by atoms with Gasteiger partial charge in [0.25, 0.3) is 0 Å². The maximum absolute atomic E-state index is 2.47. The first-order chi connectivity index (χ1) is 21.8. The second kappa shape index (κ2) is 11.8. The summed E-state index contributed by atoms with van der Waals surface area (Å²) in [5.41, 5.74) is 0. The molecule has 0 bridgehead atoms. The first-order valence-electron chi connectivity index (χ1n) is 15.0. The molecule has 0 aliphatic carbocycles. The van der Waals surface area contributed by atoms with Crippen LogP contribution in [-0.4, -0.2) is 0 Å². The molecule has 0 unspecified atom stereocenters. The standard InChI is InChI=1S/C42H30P2/c1-5-15-31(16-6-1)43(32-17-7-2-8-18-32)35-25-27-39-40-28-26-36(30-42(40)38-24-14-13-23-37(38)41(39)29-35)44(33-19-9-3-10-20-33)34-21-11-4-12-22-34/h1-30H. The molecule has 8 aromatic rings. The van der Waals surface area contributed by atoms with Crippen LogP contribution in [0, 0.1) is 0 Å². The third-order valence-electron chi connectivity index (χ3n) is 8.38. The molecule has 0 saturated heterocycles. The van der Waals surface area contributed by atoms with Crippen LogP contribution in [0.15, 0.2) is 182 Å². The lowest BCUT2D eigenvalue weighted by molar-refractivity contribution is 1.75. The Hall–Kier alpha value is -4.60. The van der Waals surface area contributed by atoms with Gasteiger partial charge in [-0.05, 0) is 92.1 Å². The average molecular weight is 597 g/mol. The van der Waals surface area contributed by atoms with E-state index in [1.807, 2.05) is 0 Å². The van der Waals surface area contributed by atoms with Gasteiger partial charge >= 0.3 is 0 Å². The largest absolute Gasteiger partial charge is 0.0622 e. The van der Waals surface area contributed by atoms with Gasteiger partial charge in [0, 0.05) is 0 Å². The average Bonchev–Trinajstić information content (AvgIpc) is 3.10. The van der Waals surface area contributed by atoms with Gasteiger partial charge in [-0.25, -0.2) is 0 Å². The molecule has 0 nitrogen and oxygen atoms in total. The molecule has 0 amide bonds. The van der Waals surface area contributed by atoms with Gasteiger partial charge in [-0.2, -0.15) is 0 Å².